The number of benzene rings is 1. The fourth-order valence-corrected chi connectivity index (χ4v) is 2.30. The minimum absolute atomic E-state index is 0.185. The third-order valence-electron chi connectivity index (χ3n) is 3.54. The number of rotatable bonds is 6. The Morgan fingerprint density at radius 2 is 1.88 bits per heavy atom. The SMILES string of the molecule is CCCN(c1ccc([C@H](N)CC)cc1)C1CC1. The Balaban J connectivity index is 2.09. The van der Waals surface area contributed by atoms with Crippen molar-refractivity contribution in [2.24, 2.45) is 5.73 Å². The molecule has 1 aromatic rings. The van der Waals surface area contributed by atoms with E-state index >= 15 is 0 Å². The van der Waals surface area contributed by atoms with Crippen LogP contribution in [-0.2, 0) is 0 Å². The first-order valence-electron chi connectivity index (χ1n) is 6.88. The van der Waals surface area contributed by atoms with Gasteiger partial charge in [-0.2, -0.15) is 0 Å². The first kappa shape index (κ1) is 12.4. The van der Waals surface area contributed by atoms with E-state index in [2.05, 4.69) is 43.0 Å². The predicted molar refractivity (Wildman–Crippen MR) is 74.3 cm³/mol. The van der Waals surface area contributed by atoms with Crippen molar-refractivity contribution >= 4 is 5.69 Å². The molecule has 0 aromatic heterocycles. The van der Waals surface area contributed by atoms with E-state index in [1.165, 1.54) is 37.1 Å². The van der Waals surface area contributed by atoms with Gasteiger partial charge in [0.25, 0.3) is 0 Å². The van der Waals surface area contributed by atoms with Crippen LogP contribution in [0.25, 0.3) is 0 Å². The average Bonchev–Trinajstić information content (AvgIpc) is 3.19. The topological polar surface area (TPSA) is 29.3 Å². The Labute approximate surface area is 105 Å². The zero-order valence-electron chi connectivity index (χ0n) is 11.0. The standard InChI is InChI=1S/C15H24N2/c1-3-11-17(14-9-10-14)13-7-5-12(6-8-13)15(16)4-2/h5-8,14-15H,3-4,9-11,16H2,1-2H3/t15-/m1/s1. The molecule has 2 N–H and O–H groups in total. The molecule has 94 valence electrons. The second-order valence-corrected chi connectivity index (χ2v) is 5.03. The maximum atomic E-state index is 6.04. The molecule has 0 amide bonds. The molecule has 2 nitrogen and oxygen atoms in total. The van der Waals surface area contributed by atoms with Gasteiger partial charge in [0, 0.05) is 24.3 Å². The number of nitrogens with two attached hydrogens (primary N) is 1. The van der Waals surface area contributed by atoms with Gasteiger partial charge in [-0.05, 0) is 43.4 Å². The van der Waals surface area contributed by atoms with Gasteiger partial charge in [-0.25, -0.2) is 0 Å². The minimum Gasteiger partial charge on any atom is -0.369 e. The van der Waals surface area contributed by atoms with Crippen LogP contribution in [-0.4, -0.2) is 12.6 Å². The lowest BCUT2D eigenvalue weighted by Crippen LogP contribution is -2.26. The molecule has 1 saturated carbocycles. The van der Waals surface area contributed by atoms with Crippen molar-refractivity contribution in [1.82, 2.24) is 0 Å². The molecule has 0 spiro atoms. The van der Waals surface area contributed by atoms with E-state index in [4.69, 9.17) is 5.73 Å². The summed E-state index contributed by atoms with van der Waals surface area (Å²) in [5.74, 6) is 0. The summed E-state index contributed by atoms with van der Waals surface area (Å²) in [5.41, 5.74) is 8.65. The molecule has 1 aromatic carbocycles. The van der Waals surface area contributed by atoms with Crippen LogP contribution < -0.4 is 10.6 Å². The molecule has 17 heavy (non-hydrogen) atoms. The molecule has 1 aliphatic rings. The molecule has 2 heteroatoms. The van der Waals surface area contributed by atoms with Gasteiger partial charge in [0.1, 0.15) is 0 Å². The third kappa shape index (κ3) is 3.01. The molecule has 0 bridgehead atoms. The summed E-state index contributed by atoms with van der Waals surface area (Å²) >= 11 is 0. The van der Waals surface area contributed by atoms with Gasteiger partial charge in [-0.3, -0.25) is 0 Å². The number of anilines is 1. The first-order valence-corrected chi connectivity index (χ1v) is 6.88. The van der Waals surface area contributed by atoms with Gasteiger partial charge in [0.05, 0.1) is 0 Å². The van der Waals surface area contributed by atoms with Crippen molar-refractivity contribution in [2.75, 3.05) is 11.4 Å². The second kappa shape index (κ2) is 5.54. The molecule has 2 rings (SSSR count). The summed E-state index contributed by atoms with van der Waals surface area (Å²) in [6, 6.07) is 9.83. The summed E-state index contributed by atoms with van der Waals surface area (Å²) in [7, 11) is 0. The van der Waals surface area contributed by atoms with Crippen LogP contribution in [0.1, 0.15) is 51.1 Å². The smallest absolute Gasteiger partial charge is 0.0368 e. The summed E-state index contributed by atoms with van der Waals surface area (Å²) in [4.78, 5) is 2.54. The summed E-state index contributed by atoms with van der Waals surface area (Å²) in [5, 5.41) is 0. The van der Waals surface area contributed by atoms with Crippen molar-refractivity contribution in [1.29, 1.82) is 0 Å². The van der Waals surface area contributed by atoms with Crippen LogP contribution in [0.4, 0.5) is 5.69 Å². The Hall–Kier alpha value is -1.02. The van der Waals surface area contributed by atoms with Gasteiger partial charge in [-0.1, -0.05) is 26.0 Å². The Kier molecular flexibility index (Phi) is 4.06. The van der Waals surface area contributed by atoms with Gasteiger partial charge in [0.15, 0.2) is 0 Å². The molecule has 0 radical (unpaired) electrons. The summed E-state index contributed by atoms with van der Waals surface area (Å²) < 4.78 is 0. The van der Waals surface area contributed by atoms with E-state index in [0.717, 1.165) is 12.5 Å². The molecule has 1 atom stereocenters. The molecule has 0 heterocycles. The summed E-state index contributed by atoms with van der Waals surface area (Å²) in [6.07, 6.45) is 4.93. The van der Waals surface area contributed by atoms with Crippen molar-refractivity contribution in [3.63, 3.8) is 0 Å². The molecule has 1 aliphatic carbocycles. The van der Waals surface area contributed by atoms with Gasteiger partial charge >= 0.3 is 0 Å². The highest BCUT2D eigenvalue weighted by atomic mass is 15.2. The quantitative estimate of drug-likeness (QED) is 0.813. The van der Waals surface area contributed by atoms with Crippen molar-refractivity contribution in [3.8, 4) is 0 Å². The number of nitrogens with zero attached hydrogens (tertiary/aromatic N) is 1. The van der Waals surface area contributed by atoms with Gasteiger partial charge < -0.3 is 10.6 Å². The Morgan fingerprint density at radius 3 is 2.35 bits per heavy atom. The Bertz CT molecular complexity index is 340. The van der Waals surface area contributed by atoms with E-state index in [-0.39, 0.29) is 6.04 Å². The molecular weight excluding hydrogens is 208 g/mol. The lowest BCUT2D eigenvalue weighted by atomic mass is 10.0. The van der Waals surface area contributed by atoms with Gasteiger partial charge in [0.2, 0.25) is 0 Å². The lowest BCUT2D eigenvalue weighted by Gasteiger charge is -2.24. The maximum Gasteiger partial charge on any atom is 0.0368 e. The average molecular weight is 232 g/mol. The molecule has 0 saturated heterocycles. The van der Waals surface area contributed by atoms with Crippen molar-refractivity contribution in [3.05, 3.63) is 29.8 Å². The largest absolute Gasteiger partial charge is 0.369 e. The maximum absolute atomic E-state index is 6.04. The van der Waals surface area contributed by atoms with Crippen LogP contribution in [0.15, 0.2) is 24.3 Å². The van der Waals surface area contributed by atoms with Crippen molar-refractivity contribution in [2.45, 2.75) is 51.6 Å². The monoisotopic (exact) mass is 232 g/mol. The highest BCUT2D eigenvalue weighted by Crippen LogP contribution is 2.32. The van der Waals surface area contributed by atoms with Crippen LogP contribution in [0.5, 0.6) is 0 Å². The highest BCUT2D eigenvalue weighted by Gasteiger charge is 2.28. The lowest BCUT2D eigenvalue weighted by molar-refractivity contribution is 0.698. The van der Waals surface area contributed by atoms with Crippen LogP contribution in [0, 0.1) is 0 Å². The van der Waals surface area contributed by atoms with E-state index in [9.17, 15) is 0 Å². The van der Waals surface area contributed by atoms with E-state index in [1.807, 2.05) is 0 Å². The van der Waals surface area contributed by atoms with E-state index < -0.39 is 0 Å². The zero-order valence-corrected chi connectivity index (χ0v) is 11.0. The normalized spacial score (nSPS) is 16.9. The molecule has 0 unspecified atom stereocenters. The highest BCUT2D eigenvalue weighted by molar-refractivity contribution is 5.50. The number of hydrogen-bond donors (Lipinski definition) is 1. The number of hydrogen-bond acceptors (Lipinski definition) is 2. The van der Waals surface area contributed by atoms with Crippen molar-refractivity contribution < 1.29 is 0 Å². The predicted octanol–water partition coefficient (Wildman–Crippen LogP) is 3.48. The van der Waals surface area contributed by atoms with Crippen LogP contribution >= 0.6 is 0 Å². The third-order valence-corrected chi connectivity index (χ3v) is 3.54. The summed E-state index contributed by atoms with van der Waals surface area (Å²) in [6.45, 7) is 5.55. The fourth-order valence-electron chi connectivity index (χ4n) is 2.30. The second-order valence-electron chi connectivity index (χ2n) is 5.03. The van der Waals surface area contributed by atoms with Crippen LogP contribution in [0.3, 0.4) is 0 Å². The Morgan fingerprint density at radius 1 is 1.24 bits per heavy atom. The molecule has 0 aliphatic heterocycles. The van der Waals surface area contributed by atoms with E-state index in [0.29, 0.717) is 0 Å². The molecular formula is C15H24N2. The zero-order chi connectivity index (χ0) is 12.3. The fraction of sp³-hybridized carbons (Fsp3) is 0.600. The minimum atomic E-state index is 0.185. The van der Waals surface area contributed by atoms with Gasteiger partial charge in [-0.15, -0.1) is 0 Å². The molecule has 1 fully saturated rings. The van der Waals surface area contributed by atoms with Crippen LogP contribution in [0.2, 0.25) is 0 Å². The van der Waals surface area contributed by atoms with E-state index in [1.54, 1.807) is 0 Å². The first-order chi connectivity index (χ1) is 8.26.